The Hall–Kier alpha value is -1.95. The summed E-state index contributed by atoms with van der Waals surface area (Å²) in [6.07, 6.45) is 0.373. The summed E-state index contributed by atoms with van der Waals surface area (Å²) in [7, 11) is 0. The number of aromatic nitrogens is 1. The fraction of sp³-hybridized carbons (Fsp3) is 0.300. The molecule has 0 N–H and O–H groups in total. The molecule has 3 aromatic rings. The van der Waals surface area contributed by atoms with E-state index in [0.717, 1.165) is 48.8 Å². The van der Waals surface area contributed by atoms with E-state index in [0.29, 0.717) is 11.4 Å². The number of hydrogen-bond donors (Lipinski definition) is 0. The number of hydrogen-bond acceptors (Lipinski definition) is 4. The molecule has 1 aliphatic rings. The normalized spacial score (nSPS) is 15.5. The van der Waals surface area contributed by atoms with Crippen LogP contribution < -0.4 is 0 Å². The Bertz CT molecular complexity index is 885. The van der Waals surface area contributed by atoms with Crippen LogP contribution in [0, 0.1) is 0 Å². The number of halogens is 1. The Kier molecular flexibility index (Phi) is 5.20. The van der Waals surface area contributed by atoms with Crippen LogP contribution in [0.5, 0.6) is 0 Å². The highest BCUT2D eigenvalue weighted by molar-refractivity contribution is 7.18. The van der Waals surface area contributed by atoms with E-state index in [1.165, 1.54) is 4.70 Å². The van der Waals surface area contributed by atoms with E-state index >= 15 is 0 Å². The molecule has 26 heavy (non-hydrogen) atoms. The Balaban J connectivity index is 1.32. The van der Waals surface area contributed by atoms with Crippen molar-refractivity contribution in [2.24, 2.45) is 0 Å². The lowest BCUT2D eigenvalue weighted by Crippen LogP contribution is -2.48. The van der Waals surface area contributed by atoms with Crippen LogP contribution in [-0.2, 0) is 17.8 Å². The van der Waals surface area contributed by atoms with Gasteiger partial charge in [0.25, 0.3) is 0 Å². The highest BCUT2D eigenvalue weighted by Crippen LogP contribution is 2.23. The first-order chi connectivity index (χ1) is 12.7. The predicted molar refractivity (Wildman–Crippen MR) is 107 cm³/mol. The van der Waals surface area contributed by atoms with Gasteiger partial charge < -0.3 is 4.90 Å². The van der Waals surface area contributed by atoms with Crippen molar-refractivity contribution in [2.45, 2.75) is 13.0 Å². The van der Waals surface area contributed by atoms with Crippen molar-refractivity contribution in [1.82, 2.24) is 14.8 Å². The molecule has 1 aliphatic heterocycles. The molecule has 0 radical (unpaired) electrons. The van der Waals surface area contributed by atoms with Crippen molar-refractivity contribution in [3.8, 4) is 0 Å². The third-order valence-corrected chi connectivity index (χ3v) is 6.11. The number of piperazine rings is 1. The van der Waals surface area contributed by atoms with Gasteiger partial charge in [-0.3, -0.25) is 9.69 Å². The fourth-order valence-corrected chi connectivity index (χ4v) is 4.46. The second-order valence-electron chi connectivity index (χ2n) is 6.50. The number of para-hydroxylation sites is 1. The molecule has 6 heteroatoms. The van der Waals surface area contributed by atoms with Gasteiger partial charge in [0.2, 0.25) is 5.91 Å². The summed E-state index contributed by atoms with van der Waals surface area (Å²) in [6, 6.07) is 15.8. The van der Waals surface area contributed by atoms with E-state index in [-0.39, 0.29) is 5.91 Å². The fourth-order valence-electron chi connectivity index (χ4n) is 3.25. The third kappa shape index (κ3) is 3.90. The van der Waals surface area contributed by atoms with Gasteiger partial charge in [0.1, 0.15) is 5.01 Å². The summed E-state index contributed by atoms with van der Waals surface area (Å²) in [6.45, 7) is 4.13. The van der Waals surface area contributed by atoms with Gasteiger partial charge in [-0.15, -0.1) is 11.3 Å². The lowest BCUT2D eigenvalue weighted by atomic mass is 10.1. The predicted octanol–water partition coefficient (Wildman–Crippen LogP) is 3.84. The van der Waals surface area contributed by atoms with Gasteiger partial charge in [0.15, 0.2) is 0 Å². The third-order valence-electron chi connectivity index (χ3n) is 4.72. The number of carbonyl (C=O) groups excluding carboxylic acids is 1. The molecule has 0 bridgehead atoms. The average molecular weight is 386 g/mol. The van der Waals surface area contributed by atoms with Crippen LogP contribution in [-0.4, -0.2) is 46.9 Å². The Labute approximate surface area is 162 Å². The Morgan fingerprint density at radius 2 is 1.77 bits per heavy atom. The molecule has 4 rings (SSSR count). The number of nitrogens with zero attached hydrogens (tertiary/aromatic N) is 3. The largest absolute Gasteiger partial charge is 0.340 e. The van der Waals surface area contributed by atoms with Gasteiger partial charge in [0.05, 0.1) is 23.2 Å². The maximum Gasteiger partial charge on any atom is 0.227 e. The second kappa shape index (κ2) is 7.74. The lowest BCUT2D eigenvalue weighted by molar-refractivity contribution is -0.132. The highest BCUT2D eigenvalue weighted by atomic mass is 35.5. The van der Waals surface area contributed by atoms with Crippen LogP contribution in [0.3, 0.4) is 0 Å². The molecule has 2 heterocycles. The first-order valence-corrected chi connectivity index (χ1v) is 9.96. The standard InChI is InChI=1S/C20H20ClN3OS/c21-16-6-2-1-5-15(16)13-20(25)24-11-9-23(10-12-24)14-19-22-17-7-3-4-8-18(17)26-19/h1-8H,9-14H2. The monoisotopic (exact) mass is 385 g/mol. The van der Waals surface area contributed by atoms with E-state index in [1.807, 2.05) is 41.3 Å². The van der Waals surface area contributed by atoms with Crippen LogP contribution in [0.1, 0.15) is 10.6 Å². The average Bonchev–Trinajstić information content (AvgIpc) is 3.06. The molecule has 1 saturated heterocycles. The minimum Gasteiger partial charge on any atom is -0.340 e. The summed E-state index contributed by atoms with van der Waals surface area (Å²) in [5.74, 6) is 0.151. The molecule has 0 saturated carbocycles. The molecule has 1 amide bonds. The smallest absolute Gasteiger partial charge is 0.227 e. The minimum atomic E-state index is 0.151. The molecular weight excluding hydrogens is 366 g/mol. The number of benzene rings is 2. The van der Waals surface area contributed by atoms with Crippen molar-refractivity contribution in [2.75, 3.05) is 26.2 Å². The topological polar surface area (TPSA) is 36.4 Å². The first kappa shape index (κ1) is 17.5. The van der Waals surface area contributed by atoms with Gasteiger partial charge in [-0.25, -0.2) is 4.98 Å². The Morgan fingerprint density at radius 3 is 2.54 bits per heavy atom. The van der Waals surface area contributed by atoms with E-state index < -0.39 is 0 Å². The number of thiazole rings is 1. The van der Waals surface area contributed by atoms with Crippen molar-refractivity contribution >= 4 is 39.1 Å². The molecule has 2 aromatic carbocycles. The molecule has 134 valence electrons. The van der Waals surface area contributed by atoms with Gasteiger partial charge >= 0.3 is 0 Å². The summed E-state index contributed by atoms with van der Waals surface area (Å²) >= 11 is 7.92. The SMILES string of the molecule is O=C(Cc1ccccc1Cl)N1CCN(Cc2nc3ccccc3s2)CC1. The first-order valence-electron chi connectivity index (χ1n) is 8.77. The molecule has 0 unspecified atom stereocenters. The van der Waals surface area contributed by atoms with E-state index in [1.54, 1.807) is 11.3 Å². The molecule has 4 nitrogen and oxygen atoms in total. The zero-order chi connectivity index (χ0) is 17.9. The van der Waals surface area contributed by atoms with Gasteiger partial charge in [-0.2, -0.15) is 0 Å². The van der Waals surface area contributed by atoms with Crippen LogP contribution in [0.4, 0.5) is 0 Å². The maximum atomic E-state index is 12.5. The van der Waals surface area contributed by atoms with E-state index in [2.05, 4.69) is 17.0 Å². The highest BCUT2D eigenvalue weighted by Gasteiger charge is 2.22. The van der Waals surface area contributed by atoms with E-state index in [9.17, 15) is 4.79 Å². The summed E-state index contributed by atoms with van der Waals surface area (Å²) in [4.78, 5) is 21.6. The van der Waals surface area contributed by atoms with Gasteiger partial charge in [-0.1, -0.05) is 41.9 Å². The zero-order valence-electron chi connectivity index (χ0n) is 14.4. The number of amides is 1. The van der Waals surface area contributed by atoms with Crippen molar-refractivity contribution in [3.05, 3.63) is 64.1 Å². The van der Waals surface area contributed by atoms with Crippen molar-refractivity contribution < 1.29 is 4.79 Å². The van der Waals surface area contributed by atoms with Crippen molar-refractivity contribution in [1.29, 1.82) is 0 Å². The molecular formula is C20H20ClN3OS. The van der Waals surface area contributed by atoms with Crippen LogP contribution in [0.25, 0.3) is 10.2 Å². The number of rotatable bonds is 4. The molecule has 1 fully saturated rings. The van der Waals surface area contributed by atoms with Crippen LogP contribution >= 0.6 is 22.9 Å². The second-order valence-corrected chi connectivity index (χ2v) is 8.02. The Morgan fingerprint density at radius 1 is 1.04 bits per heavy atom. The lowest BCUT2D eigenvalue weighted by Gasteiger charge is -2.34. The molecule has 0 spiro atoms. The quantitative estimate of drug-likeness (QED) is 0.684. The van der Waals surface area contributed by atoms with Crippen molar-refractivity contribution in [3.63, 3.8) is 0 Å². The van der Waals surface area contributed by atoms with Crippen LogP contribution in [0.2, 0.25) is 5.02 Å². The summed E-state index contributed by atoms with van der Waals surface area (Å²) in [5.41, 5.74) is 1.97. The number of fused-ring (bicyclic) bond motifs is 1. The zero-order valence-corrected chi connectivity index (χ0v) is 16.0. The molecule has 0 aliphatic carbocycles. The summed E-state index contributed by atoms with van der Waals surface area (Å²) in [5, 5.41) is 1.80. The van der Waals surface area contributed by atoms with Gasteiger partial charge in [0, 0.05) is 31.2 Å². The minimum absolute atomic E-state index is 0.151. The van der Waals surface area contributed by atoms with E-state index in [4.69, 9.17) is 16.6 Å². The van der Waals surface area contributed by atoms with Gasteiger partial charge in [-0.05, 0) is 23.8 Å². The number of carbonyl (C=O) groups is 1. The summed E-state index contributed by atoms with van der Waals surface area (Å²) < 4.78 is 1.23. The van der Waals surface area contributed by atoms with Crippen LogP contribution in [0.15, 0.2) is 48.5 Å². The molecule has 1 aromatic heterocycles. The maximum absolute atomic E-state index is 12.5. The molecule has 0 atom stereocenters.